The quantitative estimate of drug-likeness (QED) is 0.313. The fourth-order valence-electron chi connectivity index (χ4n) is 4.82. The van der Waals surface area contributed by atoms with E-state index < -0.39 is 5.82 Å². The standard InChI is InChI=1S/C28H30FN7/c1-18-12-20(15-22(29)13-18)26(30)25-27(31)33-17-34-28(25)32-16-21-14-19-6-2-3-7-23(19)35-24(21)8-11-36-9-4-5-10-36/h2-3,6-7,12-15,17,30H,4-5,8-11,16H2,1H3,(H3,31,32,33,34). The molecule has 8 heteroatoms. The Bertz CT molecular complexity index is 1390. The molecule has 0 atom stereocenters. The Morgan fingerprint density at radius 2 is 1.92 bits per heavy atom. The number of fused-ring (bicyclic) bond motifs is 1. The predicted octanol–water partition coefficient (Wildman–Crippen LogP) is 4.72. The highest BCUT2D eigenvalue weighted by Gasteiger charge is 2.18. The van der Waals surface area contributed by atoms with Crippen LogP contribution in [0.4, 0.5) is 16.0 Å². The SMILES string of the molecule is Cc1cc(F)cc(C(=N)c2c(N)ncnc2NCc2cc3ccccc3nc2CCN2CCCC2)c1. The summed E-state index contributed by atoms with van der Waals surface area (Å²) in [6.07, 6.45) is 4.75. The molecule has 1 saturated heterocycles. The number of likely N-dealkylation sites (tertiary alicyclic amines) is 1. The van der Waals surface area contributed by atoms with Gasteiger partial charge in [0.05, 0.1) is 16.8 Å². The van der Waals surface area contributed by atoms with Gasteiger partial charge in [-0.15, -0.1) is 0 Å². The lowest BCUT2D eigenvalue weighted by Crippen LogP contribution is -2.23. The van der Waals surface area contributed by atoms with Crippen molar-refractivity contribution >= 4 is 28.3 Å². The van der Waals surface area contributed by atoms with Crippen molar-refractivity contribution in [1.29, 1.82) is 5.41 Å². The number of benzene rings is 2. The third-order valence-electron chi connectivity index (χ3n) is 6.66. The highest BCUT2D eigenvalue weighted by molar-refractivity contribution is 6.16. The first kappa shape index (κ1) is 23.8. The van der Waals surface area contributed by atoms with E-state index in [-0.39, 0.29) is 11.5 Å². The van der Waals surface area contributed by atoms with Crippen LogP contribution in [0.3, 0.4) is 0 Å². The predicted molar refractivity (Wildman–Crippen MR) is 142 cm³/mol. The zero-order chi connectivity index (χ0) is 25.1. The van der Waals surface area contributed by atoms with Gasteiger partial charge in [0, 0.05) is 36.2 Å². The van der Waals surface area contributed by atoms with Crippen LogP contribution >= 0.6 is 0 Å². The number of rotatable bonds is 8. The monoisotopic (exact) mass is 483 g/mol. The molecule has 1 aliphatic rings. The van der Waals surface area contributed by atoms with Crippen LogP contribution in [0.5, 0.6) is 0 Å². The van der Waals surface area contributed by atoms with E-state index in [1.807, 2.05) is 18.2 Å². The summed E-state index contributed by atoms with van der Waals surface area (Å²) in [6, 6.07) is 14.8. The number of pyridine rings is 1. The topological polar surface area (TPSA) is 104 Å². The van der Waals surface area contributed by atoms with Crippen molar-refractivity contribution in [3.05, 3.63) is 88.6 Å². The van der Waals surface area contributed by atoms with Gasteiger partial charge < -0.3 is 16.0 Å². The smallest absolute Gasteiger partial charge is 0.141 e. The third kappa shape index (κ3) is 5.18. The van der Waals surface area contributed by atoms with Crippen molar-refractivity contribution in [3.63, 3.8) is 0 Å². The molecule has 7 nitrogen and oxygen atoms in total. The molecule has 4 N–H and O–H groups in total. The first-order valence-electron chi connectivity index (χ1n) is 12.3. The highest BCUT2D eigenvalue weighted by atomic mass is 19.1. The van der Waals surface area contributed by atoms with Crippen LogP contribution in [0, 0.1) is 18.2 Å². The highest BCUT2D eigenvalue weighted by Crippen LogP contribution is 2.25. The summed E-state index contributed by atoms with van der Waals surface area (Å²) in [7, 11) is 0. The molecule has 0 aliphatic carbocycles. The second kappa shape index (κ2) is 10.4. The second-order valence-corrected chi connectivity index (χ2v) is 9.31. The van der Waals surface area contributed by atoms with Gasteiger partial charge >= 0.3 is 0 Å². The lowest BCUT2D eigenvalue weighted by molar-refractivity contribution is 0.342. The second-order valence-electron chi connectivity index (χ2n) is 9.31. The molecule has 0 radical (unpaired) electrons. The number of nitrogens with zero attached hydrogens (tertiary/aromatic N) is 4. The normalized spacial score (nSPS) is 13.8. The van der Waals surface area contributed by atoms with Crippen molar-refractivity contribution in [2.45, 2.75) is 32.7 Å². The van der Waals surface area contributed by atoms with Crippen LogP contribution < -0.4 is 11.1 Å². The molecule has 0 saturated carbocycles. The zero-order valence-corrected chi connectivity index (χ0v) is 20.4. The number of aromatic nitrogens is 3. The van der Waals surface area contributed by atoms with Crippen molar-refractivity contribution in [2.24, 2.45) is 0 Å². The van der Waals surface area contributed by atoms with E-state index >= 15 is 0 Å². The van der Waals surface area contributed by atoms with Crippen LogP contribution in [-0.4, -0.2) is 45.2 Å². The van der Waals surface area contributed by atoms with Crippen molar-refractivity contribution in [1.82, 2.24) is 19.9 Å². The fraction of sp³-hybridized carbons (Fsp3) is 0.286. The summed E-state index contributed by atoms with van der Waals surface area (Å²) in [5.74, 6) is 0.211. The average molecular weight is 484 g/mol. The van der Waals surface area contributed by atoms with Gasteiger partial charge in [-0.05, 0) is 74.3 Å². The Balaban J connectivity index is 1.44. The zero-order valence-electron chi connectivity index (χ0n) is 20.4. The maximum Gasteiger partial charge on any atom is 0.141 e. The van der Waals surface area contributed by atoms with Crippen LogP contribution in [0.15, 0.2) is 54.9 Å². The minimum atomic E-state index is -0.399. The largest absolute Gasteiger partial charge is 0.383 e. The Kier molecular flexibility index (Phi) is 6.86. The number of anilines is 2. The van der Waals surface area contributed by atoms with Crippen LogP contribution in [0.25, 0.3) is 10.9 Å². The maximum absolute atomic E-state index is 14.0. The molecule has 2 aromatic heterocycles. The van der Waals surface area contributed by atoms with Gasteiger partial charge in [0.1, 0.15) is 23.8 Å². The number of nitrogens with one attached hydrogen (secondary N) is 2. The van der Waals surface area contributed by atoms with E-state index in [4.69, 9.17) is 16.1 Å². The summed E-state index contributed by atoms with van der Waals surface area (Å²) in [5.41, 5.74) is 10.9. The van der Waals surface area contributed by atoms with E-state index in [9.17, 15) is 4.39 Å². The number of halogens is 1. The number of nitrogen functional groups attached to an aromatic ring is 1. The van der Waals surface area contributed by atoms with Gasteiger partial charge in [0.2, 0.25) is 0 Å². The summed E-state index contributed by atoms with van der Waals surface area (Å²) < 4.78 is 14.0. The number of aryl methyl sites for hydroxylation is 1. The van der Waals surface area contributed by atoms with E-state index in [0.29, 0.717) is 23.5 Å². The molecule has 0 unspecified atom stereocenters. The minimum absolute atomic E-state index is 0.0732. The third-order valence-corrected chi connectivity index (χ3v) is 6.66. The first-order chi connectivity index (χ1) is 17.5. The molecule has 4 aromatic rings. The Morgan fingerprint density at radius 1 is 1.11 bits per heavy atom. The number of para-hydroxylation sites is 1. The molecule has 36 heavy (non-hydrogen) atoms. The summed E-state index contributed by atoms with van der Waals surface area (Å²) in [4.78, 5) is 15.9. The Morgan fingerprint density at radius 3 is 2.72 bits per heavy atom. The molecule has 184 valence electrons. The molecule has 0 spiro atoms. The van der Waals surface area contributed by atoms with E-state index in [0.717, 1.165) is 53.8 Å². The number of hydrogen-bond donors (Lipinski definition) is 3. The maximum atomic E-state index is 14.0. The number of hydrogen-bond acceptors (Lipinski definition) is 7. The molecular weight excluding hydrogens is 453 g/mol. The lowest BCUT2D eigenvalue weighted by Gasteiger charge is -2.18. The van der Waals surface area contributed by atoms with Gasteiger partial charge in [-0.3, -0.25) is 10.4 Å². The molecule has 0 bridgehead atoms. The van der Waals surface area contributed by atoms with Crippen molar-refractivity contribution in [2.75, 3.05) is 30.7 Å². The number of nitrogens with two attached hydrogens (primary N) is 1. The van der Waals surface area contributed by atoms with Crippen LogP contribution in [0.1, 0.15) is 40.8 Å². The first-order valence-corrected chi connectivity index (χ1v) is 12.3. The Labute approximate surface area is 210 Å². The average Bonchev–Trinajstić information content (AvgIpc) is 3.39. The Hall–Kier alpha value is -3.91. The van der Waals surface area contributed by atoms with Crippen molar-refractivity contribution in [3.8, 4) is 0 Å². The van der Waals surface area contributed by atoms with Crippen LogP contribution in [-0.2, 0) is 13.0 Å². The summed E-state index contributed by atoms with van der Waals surface area (Å²) in [6.45, 7) is 5.53. The van der Waals surface area contributed by atoms with Gasteiger partial charge in [-0.2, -0.15) is 0 Å². The molecule has 2 aromatic carbocycles. The van der Waals surface area contributed by atoms with Crippen LogP contribution in [0.2, 0.25) is 0 Å². The molecule has 3 heterocycles. The van der Waals surface area contributed by atoms with E-state index in [2.05, 4.69) is 32.3 Å². The van der Waals surface area contributed by atoms with E-state index in [1.54, 1.807) is 13.0 Å². The molecule has 1 aliphatic heterocycles. The molecule has 5 rings (SSSR count). The minimum Gasteiger partial charge on any atom is -0.383 e. The molecule has 1 fully saturated rings. The molecule has 0 amide bonds. The van der Waals surface area contributed by atoms with Gasteiger partial charge in [-0.1, -0.05) is 18.2 Å². The van der Waals surface area contributed by atoms with Gasteiger partial charge in [0.25, 0.3) is 0 Å². The van der Waals surface area contributed by atoms with Crippen molar-refractivity contribution < 1.29 is 4.39 Å². The van der Waals surface area contributed by atoms with Gasteiger partial charge in [-0.25, -0.2) is 14.4 Å². The van der Waals surface area contributed by atoms with E-state index in [1.165, 1.54) is 31.3 Å². The summed E-state index contributed by atoms with van der Waals surface area (Å²) in [5, 5.41) is 13.2. The lowest BCUT2D eigenvalue weighted by atomic mass is 10.0. The van der Waals surface area contributed by atoms with Gasteiger partial charge in [0.15, 0.2) is 0 Å². The molecular formula is C28H30FN7. The fourth-order valence-corrected chi connectivity index (χ4v) is 4.82. The summed E-state index contributed by atoms with van der Waals surface area (Å²) >= 11 is 0.